The maximum Gasteiger partial charge on any atom is 0.341 e. The number of carbonyl (C=O) groups excluding carboxylic acids is 2. The lowest BCUT2D eigenvalue weighted by Gasteiger charge is -2.18. The minimum Gasteiger partial charge on any atom is -0.462 e. The van der Waals surface area contributed by atoms with E-state index in [-0.39, 0.29) is 11.9 Å². The lowest BCUT2D eigenvalue weighted by Crippen LogP contribution is -2.16. The fraction of sp³-hybridized carbons (Fsp3) is 0.364. The summed E-state index contributed by atoms with van der Waals surface area (Å²) in [6.45, 7) is 4.58. The van der Waals surface area contributed by atoms with Gasteiger partial charge in [-0.15, -0.1) is 11.3 Å². The number of anilines is 1. The summed E-state index contributed by atoms with van der Waals surface area (Å²) in [5, 5.41) is 3.51. The van der Waals surface area contributed by atoms with E-state index in [1.54, 1.807) is 6.08 Å². The Kier molecular flexibility index (Phi) is 6.45. The van der Waals surface area contributed by atoms with Gasteiger partial charge in [-0.25, -0.2) is 4.79 Å². The first-order chi connectivity index (χ1) is 13.1. The second-order valence-electron chi connectivity index (χ2n) is 6.93. The zero-order valence-corrected chi connectivity index (χ0v) is 16.6. The van der Waals surface area contributed by atoms with Crippen molar-refractivity contribution in [2.45, 2.75) is 39.5 Å². The summed E-state index contributed by atoms with van der Waals surface area (Å²) >= 11 is 1.51. The van der Waals surface area contributed by atoms with Gasteiger partial charge < -0.3 is 10.1 Å². The molecule has 1 atom stereocenters. The average Bonchev–Trinajstić information content (AvgIpc) is 3.02. The second kappa shape index (κ2) is 9.00. The lowest BCUT2D eigenvalue weighted by atomic mass is 9.88. The number of benzene rings is 1. The number of rotatable bonds is 6. The third kappa shape index (κ3) is 4.86. The summed E-state index contributed by atoms with van der Waals surface area (Å²) in [6, 6.07) is 9.65. The average molecular weight is 384 g/mol. The molecular weight excluding hydrogens is 358 g/mol. The quantitative estimate of drug-likeness (QED) is 0.558. The minimum atomic E-state index is -0.328. The summed E-state index contributed by atoms with van der Waals surface area (Å²) in [5.41, 5.74) is 2.56. The van der Waals surface area contributed by atoms with Crippen molar-refractivity contribution in [3.63, 3.8) is 0 Å². The van der Waals surface area contributed by atoms with E-state index in [9.17, 15) is 9.59 Å². The van der Waals surface area contributed by atoms with Crippen molar-refractivity contribution in [3.05, 3.63) is 58.0 Å². The van der Waals surface area contributed by atoms with Gasteiger partial charge in [-0.1, -0.05) is 44.2 Å². The van der Waals surface area contributed by atoms with Crippen LogP contribution in [0.1, 0.15) is 53.1 Å². The summed E-state index contributed by atoms with van der Waals surface area (Å²) in [7, 11) is 0. The van der Waals surface area contributed by atoms with Crippen LogP contribution in [-0.4, -0.2) is 18.5 Å². The maximum absolute atomic E-state index is 12.6. The van der Waals surface area contributed by atoms with Crippen molar-refractivity contribution in [2.75, 3.05) is 11.9 Å². The Hall–Kier alpha value is -2.40. The van der Waals surface area contributed by atoms with Gasteiger partial charge in [-0.3, -0.25) is 4.79 Å². The predicted octanol–water partition coefficient (Wildman–Crippen LogP) is 5.09. The normalized spacial score (nSPS) is 16.1. The molecule has 1 aliphatic carbocycles. The lowest BCUT2D eigenvalue weighted by molar-refractivity contribution is -0.111. The van der Waals surface area contributed by atoms with Crippen molar-refractivity contribution in [1.82, 2.24) is 0 Å². The van der Waals surface area contributed by atoms with Crippen LogP contribution in [0.2, 0.25) is 0 Å². The van der Waals surface area contributed by atoms with Gasteiger partial charge in [0.05, 0.1) is 12.2 Å². The predicted molar refractivity (Wildman–Crippen MR) is 110 cm³/mol. The molecule has 1 unspecified atom stereocenters. The molecule has 142 valence electrons. The molecule has 4 nitrogen and oxygen atoms in total. The summed E-state index contributed by atoms with van der Waals surface area (Å²) < 4.78 is 5.38. The topological polar surface area (TPSA) is 55.4 Å². The Morgan fingerprint density at radius 1 is 1.30 bits per heavy atom. The van der Waals surface area contributed by atoms with E-state index in [4.69, 9.17) is 4.74 Å². The number of fused-ring (bicyclic) bond motifs is 1. The van der Waals surface area contributed by atoms with Gasteiger partial charge in [-0.2, -0.15) is 0 Å². The number of esters is 1. The molecule has 0 saturated heterocycles. The highest BCUT2D eigenvalue weighted by Crippen LogP contribution is 2.40. The molecule has 1 heterocycles. The van der Waals surface area contributed by atoms with Crippen molar-refractivity contribution < 1.29 is 14.3 Å². The fourth-order valence-electron chi connectivity index (χ4n) is 3.21. The van der Waals surface area contributed by atoms with Crippen LogP contribution in [0, 0.1) is 5.92 Å². The molecule has 1 N–H and O–H groups in total. The SMILES string of the molecule is CCCOC(=O)c1c(NC(=O)C=Cc2ccccc2)sc2c1CCC(C)C2. The van der Waals surface area contributed by atoms with Gasteiger partial charge in [0.15, 0.2) is 0 Å². The van der Waals surface area contributed by atoms with E-state index in [1.165, 1.54) is 22.3 Å². The molecule has 1 aromatic heterocycles. The third-order valence-corrected chi connectivity index (χ3v) is 5.79. The fourth-order valence-corrected chi connectivity index (χ4v) is 4.61. The van der Waals surface area contributed by atoms with Crippen LogP contribution in [0.15, 0.2) is 36.4 Å². The summed E-state index contributed by atoms with van der Waals surface area (Å²) in [5.74, 6) is 0.0264. The van der Waals surface area contributed by atoms with E-state index >= 15 is 0 Å². The number of amides is 1. The highest BCUT2D eigenvalue weighted by Gasteiger charge is 2.28. The number of hydrogen-bond acceptors (Lipinski definition) is 4. The Labute approximate surface area is 164 Å². The van der Waals surface area contributed by atoms with Crippen molar-refractivity contribution >= 4 is 34.3 Å². The van der Waals surface area contributed by atoms with E-state index in [0.29, 0.717) is 23.1 Å². The van der Waals surface area contributed by atoms with Crippen molar-refractivity contribution in [2.24, 2.45) is 5.92 Å². The van der Waals surface area contributed by atoms with Crippen molar-refractivity contribution in [1.29, 1.82) is 0 Å². The molecule has 27 heavy (non-hydrogen) atoms. The molecule has 0 radical (unpaired) electrons. The standard InChI is InChI=1S/C22H25NO3S/c1-3-13-26-22(25)20-17-11-9-15(2)14-18(17)27-21(20)23-19(24)12-10-16-7-5-4-6-8-16/h4-8,10,12,15H,3,9,11,13-14H2,1-2H3,(H,23,24). The molecular formula is C22H25NO3S. The Morgan fingerprint density at radius 3 is 2.81 bits per heavy atom. The van der Waals surface area contributed by atoms with Gasteiger partial charge in [-0.05, 0) is 48.8 Å². The molecule has 0 bridgehead atoms. The van der Waals surface area contributed by atoms with Crippen LogP contribution in [0.25, 0.3) is 6.08 Å². The van der Waals surface area contributed by atoms with E-state index < -0.39 is 0 Å². The highest BCUT2D eigenvalue weighted by molar-refractivity contribution is 7.17. The van der Waals surface area contributed by atoms with Gasteiger partial charge >= 0.3 is 5.97 Å². The number of hydrogen-bond donors (Lipinski definition) is 1. The number of ether oxygens (including phenoxy) is 1. The summed E-state index contributed by atoms with van der Waals surface area (Å²) in [6.07, 6.45) is 6.90. The molecule has 3 rings (SSSR count). The molecule has 5 heteroatoms. The van der Waals surface area contributed by atoms with Crippen molar-refractivity contribution in [3.8, 4) is 0 Å². The van der Waals surface area contributed by atoms with E-state index in [1.807, 2.05) is 37.3 Å². The third-order valence-electron chi connectivity index (χ3n) is 4.62. The van der Waals surface area contributed by atoms with Gasteiger partial charge in [0.2, 0.25) is 5.91 Å². The number of carbonyl (C=O) groups is 2. The number of thiophene rings is 1. The van der Waals surface area contributed by atoms with Crippen LogP contribution in [0.4, 0.5) is 5.00 Å². The van der Waals surface area contributed by atoms with Crippen LogP contribution in [-0.2, 0) is 22.4 Å². The largest absolute Gasteiger partial charge is 0.462 e. The molecule has 0 spiro atoms. The second-order valence-corrected chi connectivity index (χ2v) is 8.03. The van der Waals surface area contributed by atoms with E-state index in [2.05, 4.69) is 12.2 Å². The Bertz CT molecular complexity index is 839. The molecule has 1 amide bonds. The molecule has 0 aliphatic heterocycles. The number of nitrogens with one attached hydrogen (secondary N) is 1. The molecule has 2 aromatic rings. The van der Waals surface area contributed by atoms with Gasteiger partial charge in [0, 0.05) is 11.0 Å². The molecule has 1 aromatic carbocycles. The minimum absolute atomic E-state index is 0.241. The first-order valence-electron chi connectivity index (χ1n) is 9.44. The summed E-state index contributed by atoms with van der Waals surface area (Å²) in [4.78, 5) is 26.2. The van der Waals surface area contributed by atoms with Crippen LogP contribution in [0.3, 0.4) is 0 Å². The zero-order chi connectivity index (χ0) is 19.2. The Balaban J connectivity index is 1.82. The van der Waals surface area contributed by atoms with E-state index in [0.717, 1.165) is 36.8 Å². The van der Waals surface area contributed by atoms with Gasteiger partial charge in [0.25, 0.3) is 0 Å². The van der Waals surface area contributed by atoms with Crippen LogP contribution in [0.5, 0.6) is 0 Å². The zero-order valence-electron chi connectivity index (χ0n) is 15.8. The molecule has 0 saturated carbocycles. The molecule has 0 fully saturated rings. The van der Waals surface area contributed by atoms with Crippen LogP contribution >= 0.6 is 11.3 Å². The van der Waals surface area contributed by atoms with Gasteiger partial charge in [0.1, 0.15) is 5.00 Å². The maximum atomic E-state index is 12.6. The first kappa shape index (κ1) is 19.4. The smallest absolute Gasteiger partial charge is 0.341 e. The monoisotopic (exact) mass is 383 g/mol. The highest BCUT2D eigenvalue weighted by atomic mass is 32.1. The first-order valence-corrected chi connectivity index (χ1v) is 10.3. The Morgan fingerprint density at radius 2 is 2.07 bits per heavy atom. The molecule has 1 aliphatic rings. The van der Waals surface area contributed by atoms with Crippen LogP contribution < -0.4 is 5.32 Å².